The molecule has 1 heterocycles. The van der Waals surface area contributed by atoms with Crippen molar-refractivity contribution in [1.82, 2.24) is 0 Å². The molecule has 0 radical (unpaired) electrons. The van der Waals surface area contributed by atoms with Crippen molar-refractivity contribution in [3.05, 3.63) is 27.7 Å². The van der Waals surface area contributed by atoms with E-state index in [0.29, 0.717) is 33.7 Å². The average Bonchev–Trinajstić information content (AvgIpc) is 2.17. The molecule has 0 spiro atoms. The summed E-state index contributed by atoms with van der Waals surface area (Å²) in [6, 6.07) is 3.29. The summed E-state index contributed by atoms with van der Waals surface area (Å²) in [4.78, 5) is 0. The van der Waals surface area contributed by atoms with E-state index in [1.54, 1.807) is 12.1 Å². The average molecular weight is 246 g/mol. The third kappa shape index (κ3) is 1.77. The molecule has 1 aromatic rings. The molecule has 0 aromatic heterocycles. The second kappa shape index (κ2) is 3.91. The minimum atomic E-state index is 0.0250. The molecular weight excluding hydrogens is 237 g/mol. The van der Waals surface area contributed by atoms with Crippen LogP contribution in [0.15, 0.2) is 17.3 Å². The van der Waals surface area contributed by atoms with Crippen molar-refractivity contribution >= 4 is 28.9 Å². The fraction of sp³-hybridized carbons (Fsp3) is 0.300. The van der Waals surface area contributed by atoms with Crippen LogP contribution in [0.4, 0.5) is 0 Å². The first-order valence-electron chi connectivity index (χ1n) is 4.47. The van der Waals surface area contributed by atoms with E-state index in [1.165, 1.54) is 0 Å². The number of fused-ring (bicyclic) bond motifs is 1. The van der Waals surface area contributed by atoms with Crippen molar-refractivity contribution in [3.8, 4) is 5.75 Å². The van der Waals surface area contributed by atoms with Gasteiger partial charge in [0.15, 0.2) is 0 Å². The highest BCUT2D eigenvalue weighted by Gasteiger charge is 2.26. The van der Waals surface area contributed by atoms with Gasteiger partial charge >= 0.3 is 0 Å². The summed E-state index contributed by atoms with van der Waals surface area (Å²) in [5, 5.41) is 13.1. The lowest BCUT2D eigenvalue weighted by atomic mass is 9.96. The van der Waals surface area contributed by atoms with Crippen LogP contribution in [0.25, 0.3) is 0 Å². The Morgan fingerprint density at radius 1 is 1.47 bits per heavy atom. The Kier molecular flexibility index (Phi) is 2.76. The van der Waals surface area contributed by atoms with Crippen molar-refractivity contribution in [2.24, 2.45) is 11.1 Å². The molecular formula is C10H9Cl2NO2. The van der Waals surface area contributed by atoms with Crippen molar-refractivity contribution in [2.45, 2.75) is 6.92 Å². The van der Waals surface area contributed by atoms with E-state index in [1.807, 2.05) is 6.92 Å². The van der Waals surface area contributed by atoms with Crippen LogP contribution in [0.1, 0.15) is 12.5 Å². The first kappa shape index (κ1) is 10.6. The number of rotatable bonds is 0. The predicted molar refractivity (Wildman–Crippen MR) is 59.4 cm³/mol. The van der Waals surface area contributed by atoms with Crippen molar-refractivity contribution in [3.63, 3.8) is 0 Å². The van der Waals surface area contributed by atoms with Gasteiger partial charge in [0.05, 0.1) is 17.3 Å². The summed E-state index contributed by atoms with van der Waals surface area (Å²) < 4.78 is 5.47. The van der Waals surface area contributed by atoms with Gasteiger partial charge in [0.2, 0.25) is 0 Å². The maximum atomic E-state index is 8.94. The predicted octanol–water partition coefficient (Wildman–Crippen LogP) is 3.20. The molecule has 0 bridgehead atoms. The van der Waals surface area contributed by atoms with Crippen molar-refractivity contribution < 1.29 is 9.94 Å². The van der Waals surface area contributed by atoms with Crippen LogP contribution >= 0.6 is 23.2 Å². The molecule has 1 aliphatic heterocycles. The Morgan fingerprint density at radius 3 is 2.87 bits per heavy atom. The Hall–Kier alpha value is -0.930. The summed E-state index contributed by atoms with van der Waals surface area (Å²) in [5.74, 6) is 0.559. The van der Waals surface area contributed by atoms with Gasteiger partial charge in [-0.05, 0) is 12.1 Å². The van der Waals surface area contributed by atoms with Gasteiger partial charge in [-0.3, -0.25) is 0 Å². The summed E-state index contributed by atoms with van der Waals surface area (Å²) in [6.45, 7) is 2.36. The minimum Gasteiger partial charge on any atom is -0.491 e. The lowest BCUT2D eigenvalue weighted by molar-refractivity contribution is 0.268. The van der Waals surface area contributed by atoms with Gasteiger partial charge in [-0.1, -0.05) is 35.3 Å². The SMILES string of the molecule is CC1COc2c(Cl)cc(Cl)cc2/C1=N/O. The summed E-state index contributed by atoms with van der Waals surface area (Å²) in [5.41, 5.74) is 1.22. The maximum absolute atomic E-state index is 8.94. The first-order chi connectivity index (χ1) is 7.13. The topological polar surface area (TPSA) is 41.8 Å². The molecule has 3 nitrogen and oxygen atoms in total. The molecule has 0 aliphatic carbocycles. The third-order valence-electron chi connectivity index (χ3n) is 2.34. The number of nitrogens with zero attached hydrogens (tertiary/aromatic N) is 1. The number of benzene rings is 1. The van der Waals surface area contributed by atoms with Crippen LogP contribution in [0, 0.1) is 5.92 Å². The molecule has 1 N–H and O–H groups in total. The molecule has 0 saturated carbocycles. The maximum Gasteiger partial charge on any atom is 0.147 e. The molecule has 0 fully saturated rings. The van der Waals surface area contributed by atoms with Crippen LogP contribution < -0.4 is 4.74 Å². The molecule has 1 unspecified atom stereocenters. The normalized spacial score (nSPS) is 22.3. The molecule has 5 heteroatoms. The van der Waals surface area contributed by atoms with Crippen molar-refractivity contribution in [2.75, 3.05) is 6.61 Å². The standard InChI is InChI=1S/C10H9Cl2NO2/c1-5-4-15-10-7(9(5)13-14)2-6(11)3-8(10)12/h2-3,5,14H,4H2,1H3/b13-9+. The molecule has 1 atom stereocenters. The van der Waals surface area contributed by atoms with Crippen LogP contribution in [-0.4, -0.2) is 17.5 Å². The van der Waals surface area contributed by atoms with E-state index in [2.05, 4.69) is 5.16 Å². The monoisotopic (exact) mass is 245 g/mol. The molecule has 2 rings (SSSR count). The number of halogens is 2. The molecule has 80 valence electrons. The summed E-state index contributed by atoms with van der Waals surface area (Å²) in [6.07, 6.45) is 0. The fourth-order valence-corrected chi connectivity index (χ4v) is 2.15. The summed E-state index contributed by atoms with van der Waals surface area (Å²) >= 11 is 11.8. The Bertz CT molecular complexity index is 432. The highest BCUT2D eigenvalue weighted by atomic mass is 35.5. The van der Waals surface area contributed by atoms with Crippen LogP contribution in [0.5, 0.6) is 5.75 Å². The zero-order valence-corrected chi connectivity index (χ0v) is 9.51. The van der Waals surface area contributed by atoms with Crippen LogP contribution in [-0.2, 0) is 0 Å². The highest BCUT2D eigenvalue weighted by molar-refractivity contribution is 6.36. The lowest BCUT2D eigenvalue weighted by Crippen LogP contribution is -2.26. The molecule has 0 saturated heterocycles. The smallest absolute Gasteiger partial charge is 0.147 e. The van der Waals surface area contributed by atoms with Crippen molar-refractivity contribution in [1.29, 1.82) is 0 Å². The highest BCUT2D eigenvalue weighted by Crippen LogP contribution is 2.36. The van der Waals surface area contributed by atoms with Gasteiger partial charge < -0.3 is 9.94 Å². The molecule has 1 aromatic carbocycles. The molecule has 0 amide bonds. The Morgan fingerprint density at radius 2 is 2.20 bits per heavy atom. The zero-order chi connectivity index (χ0) is 11.0. The van der Waals surface area contributed by atoms with E-state index in [4.69, 9.17) is 33.1 Å². The van der Waals surface area contributed by atoms with Gasteiger partial charge in [-0.2, -0.15) is 0 Å². The van der Waals surface area contributed by atoms with Gasteiger partial charge in [-0.15, -0.1) is 0 Å². The second-order valence-corrected chi connectivity index (χ2v) is 4.31. The fourth-order valence-electron chi connectivity index (χ4n) is 1.60. The number of hydrogen-bond acceptors (Lipinski definition) is 3. The lowest BCUT2D eigenvalue weighted by Gasteiger charge is -2.24. The summed E-state index contributed by atoms with van der Waals surface area (Å²) in [7, 11) is 0. The largest absolute Gasteiger partial charge is 0.491 e. The van der Waals surface area contributed by atoms with Gasteiger partial charge in [-0.25, -0.2) is 0 Å². The quantitative estimate of drug-likeness (QED) is 0.564. The molecule has 1 aliphatic rings. The number of ether oxygens (including phenoxy) is 1. The number of hydrogen-bond donors (Lipinski definition) is 1. The Labute approximate surface area is 97.2 Å². The van der Waals surface area contributed by atoms with E-state index < -0.39 is 0 Å². The van der Waals surface area contributed by atoms with Crippen LogP contribution in [0.3, 0.4) is 0 Å². The zero-order valence-electron chi connectivity index (χ0n) is 8.00. The van der Waals surface area contributed by atoms with Gasteiger partial charge in [0, 0.05) is 16.5 Å². The van der Waals surface area contributed by atoms with E-state index >= 15 is 0 Å². The first-order valence-corrected chi connectivity index (χ1v) is 5.23. The number of oxime groups is 1. The van der Waals surface area contributed by atoms with Crippen LogP contribution in [0.2, 0.25) is 10.0 Å². The third-order valence-corrected chi connectivity index (χ3v) is 2.84. The Balaban J connectivity index is 2.63. The van der Waals surface area contributed by atoms with Gasteiger partial charge in [0.1, 0.15) is 5.75 Å². The second-order valence-electron chi connectivity index (χ2n) is 3.46. The van der Waals surface area contributed by atoms with E-state index in [-0.39, 0.29) is 5.92 Å². The van der Waals surface area contributed by atoms with E-state index in [0.717, 1.165) is 0 Å². The van der Waals surface area contributed by atoms with Gasteiger partial charge in [0.25, 0.3) is 0 Å². The van der Waals surface area contributed by atoms with E-state index in [9.17, 15) is 0 Å². The minimum absolute atomic E-state index is 0.0250. The molecule has 15 heavy (non-hydrogen) atoms.